The summed E-state index contributed by atoms with van der Waals surface area (Å²) >= 11 is 0. The lowest BCUT2D eigenvalue weighted by molar-refractivity contribution is 0.382. The maximum Gasteiger partial charge on any atom is 0.138 e. The van der Waals surface area contributed by atoms with Crippen molar-refractivity contribution in [1.29, 1.82) is 0 Å². The highest BCUT2D eigenvalue weighted by Gasteiger charge is 2.35. The van der Waals surface area contributed by atoms with Crippen molar-refractivity contribution in [2.24, 2.45) is 5.92 Å². The minimum atomic E-state index is 0.659. The Bertz CT molecular complexity index is 562. The first-order chi connectivity index (χ1) is 8.93. The van der Waals surface area contributed by atoms with Crippen molar-refractivity contribution in [2.45, 2.75) is 18.9 Å². The molecule has 2 atom stereocenters. The van der Waals surface area contributed by atoms with Gasteiger partial charge >= 0.3 is 0 Å². The van der Waals surface area contributed by atoms with Gasteiger partial charge in [-0.3, -0.25) is 4.40 Å². The van der Waals surface area contributed by atoms with Crippen LogP contribution >= 0.6 is 0 Å². The lowest BCUT2D eigenvalue weighted by Crippen LogP contribution is -2.45. The van der Waals surface area contributed by atoms with Crippen LogP contribution in [-0.4, -0.2) is 35.1 Å². The molecule has 4 heterocycles. The van der Waals surface area contributed by atoms with E-state index in [0.717, 1.165) is 18.1 Å². The lowest BCUT2D eigenvalue weighted by atomic mass is 9.92. The Morgan fingerprint density at radius 1 is 1.28 bits per heavy atom. The van der Waals surface area contributed by atoms with E-state index in [1.807, 2.05) is 6.20 Å². The first-order valence-corrected chi connectivity index (χ1v) is 6.83. The number of fused-ring (bicyclic) bond motifs is 2. The van der Waals surface area contributed by atoms with Crippen LogP contribution in [0.5, 0.6) is 0 Å². The van der Waals surface area contributed by atoms with E-state index < -0.39 is 0 Å². The number of imidazole rings is 1. The molecule has 2 unspecified atom stereocenters. The zero-order chi connectivity index (χ0) is 11.9. The van der Waals surface area contributed by atoms with Crippen molar-refractivity contribution in [2.75, 3.05) is 24.5 Å². The molecule has 0 bridgehead atoms. The van der Waals surface area contributed by atoms with Gasteiger partial charge in [-0.05, 0) is 30.9 Å². The van der Waals surface area contributed by atoms with Crippen LogP contribution in [0.2, 0.25) is 0 Å². The molecule has 1 N–H and O–H groups in total. The van der Waals surface area contributed by atoms with Gasteiger partial charge in [-0.15, -0.1) is 0 Å². The number of anilines is 1. The second-order valence-electron chi connectivity index (χ2n) is 5.36. The average molecular weight is 242 g/mol. The topological polar surface area (TPSA) is 32.6 Å². The fraction of sp³-hybridized carbons (Fsp3) is 0.500. The highest BCUT2D eigenvalue weighted by Crippen LogP contribution is 2.30. The molecule has 0 saturated carbocycles. The first-order valence-electron chi connectivity index (χ1n) is 6.83. The van der Waals surface area contributed by atoms with Crippen LogP contribution in [0.1, 0.15) is 12.8 Å². The Labute approximate surface area is 107 Å². The van der Waals surface area contributed by atoms with Crippen LogP contribution in [0, 0.1) is 5.92 Å². The number of pyridine rings is 1. The molecule has 18 heavy (non-hydrogen) atoms. The molecule has 0 radical (unpaired) electrons. The van der Waals surface area contributed by atoms with Crippen molar-refractivity contribution >= 4 is 11.5 Å². The minimum absolute atomic E-state index is 0.659. The van der Waals surface area contributed by atoms with Crippen LogP contribution in [-0.2, 0) is 0 Å². The van der Waals surface area contributed by atoms with Crippen LogP contribution in [0.15, 0.2) is 30.6 Å². The predicted octanol–water partition coefficient (Wildman–Crippen LogP) is 1.52. The smallest absolute Gasteiger partial charge is 0.138 e. The maximum atomic E-state index is 4.38. The van der Waals surface area contributed by atoms with Gasteiger partial charge in [-0.25, -0.2) is 4.98 Å². The van der Waals surface area contributed by atoms with Crippen molar-refractivity contribution in [3.8, 4) is 0 Å². The standard InChI is InChI=1S/C14H18N4/c1-4-13-16-6-8-18(13)14(5-1)17-7-2-3-11-9-15-10-12(11)17/h1,4-6,8,11-12,15H,2-3,7,9-10H2. The van der Waals surface area contributed by atoms with E-state index in [-0.39, 0.29) is 0 Å². The lowest BCUT2D eigenvalue weighted by Gasteiger charge is -2.38. The second kappa shape index (κ2) is 3.99. The van der Waals surface area contributed by atoms with Crippen molar-refractivity contribution in [1.82, 2.24) is 14.7 Å². The van der Waals surface area contributed by atoms with E-state index >= 15 is 0 Å². The van der Waals surface area contributed by atoms with Gasteiger partial charge in [0.05, 0.1) is 0 Å². The monoisotopic (exact) mass is 242 g/mol. The third-order valence-electron chi connectivity index (χ3n) is 4.38. The quantitative estimate of drug-likeness (QED) is 0.823. The molecule has 2 aliphatic heterocycles. The average Bonchev–Trinajstić information content (AvgIpc) is 3.06. The number of piperidine rings is 1. The summed E-state index contributed by atoms with van der Waals surface area (Å²) in [6.07, 6.45) is 6.62. The summed E-state index contributed by atoms with van der Waals surface area (Å²) in [4.78, 5) is 6.95. The summed E-state index contributed by atoms with van der Waals surface area (Å²) in [5, 5.41) is 3.54. The number of rotatable bonds is 1. The van der Waals surface area contributed by atoms with Crippen LogP contribution < -0.4 is 10.2 Å². The molecule has 4 heteroatoms. The van der Waals surface area contributed by atoms with E-state index in [2.05, 4.69) is 44.0 Å². The van der Waals surface area contributed by atoms with Gasteiger partial charge < -0.3 is 10.2 Å². The normalized spacial score (nSPS) is 27.7. The van der Waals surface area contributed by atoms with Crippen molar-refractivity contribution < 1.29 is 0 Å². The van der Waals surface area contributed by atoms with E-state index in [0.29, 0.717) is 6.04 Å². The molecule has 2 aliphatic rings. The van der Waals surface area contributed by atoms with Gasteiger partial charge in [-0.2, -0.15) is 0 Å². The Morgan fingerprint density at radius 3 is 3.28 bits per heavy atom. The third-order valence-corrected chi connectivity index (χ3v) is 4.38. The number of hydrogen-bond donors (Lipinski definition) is 1. The number of aromatic nitrogens is 2. The van der Waals surface area contributed by atoms with E-state index in [9.17, 15) is 0 Å². The summed E-state index contributed by atoms with van der Waals surface area (Å²) in [7, 11) is 0. The van der Waals surface area contributed by atoms with E-state index in [4.69, 9.17) is 0 Å². The Kier molecular flexibility index (Phi) is 2.30. The molecule has 2 fully saturated rings. The molecule has 0 aromatic carbocycles. The summed E-state index contributed by atoms with van der Waals surface area (Å²) in [6, 6.07) is 7.06. The first kappa shape index (κ1) is 10.4. The molecule has 2 saturated heterocycles. The Balaban J connectivity index is 1.79. The fourth-order valence-corrected chi connectivity index (χ4v) is 3.52. The zero-order valence-electron chi connectivity index (χ0n) is 10.4. The molecular formula is C14H18N4. The summed E-state index contributed by atoms with van der Waals surface area (Å²) in [6.45, 7) is 3.47. The number of hydrogen-bond acceptors (Lipinski definition) is 3. The van der Waals surface area contributed by atoms with Crippen LogP contribution in [0.25, 0.3) is 5.65 Å². The Hall–Kier alpha value is -1.55. The Morgan fingerprint density at radius 2 is 2.28 bits per heavy atom. The second-order valence-corrected chi connectivity index (χ2v) is 5.36. The van der Waals surface area contributed by atoms with Crippen molar-refractivity contribution in [3.05, 3.63) is 30.6 Å². The van der Waals surface area contributed by atoms with Gasteiger partial charge in [0, 0.05) is 38.1 Å². The third kappa shape index (κ3) is 1.45. The zero-order valence-corrected chi connectivity index (χ0v) is 10.4. The molecule has 94 valence electrons. The molecule has 4 nitrogen and oxygen atoms in total. The van der Waals surface area contributed by atoms with Gasteiger partial charge in [0.25, 0.3) is 0 Å². The minimum Gasteiger partial charge on any atom is -0.353 e. The molecule has 2 aromatic rings. The summed E-state index contributed by atoms with van der Waals surface area (Å²) in [5.41, 5.74) is 1.04. The molecule has 2 aromatic heterocycles. The summed E-state index contributed by atoms with van der Waals surface area (Å²) < 4.78 is 2.21. The van der Waals surface area contributed by atoms with Gasteiger partial charge in [-0.1, -0.05) is 6.07 Å². The number of nitrogens with one attached hydrogen (secondary N) is 1. The van der Waals surface area contributed by atoms with Crippen LogP contribution in [0.4, 0.5) is 5.82 Å². The number of nitrogens with zero attached hydrogens (tertiary/aromatic N) is 3. The molecule has 0 amide bonds. The van der Waals surface area contributed by atoms with E-state index in [1.165, 1.54) is 31.7 Å². The molecule has 0 spiro atoms. The highest BCUT2D eigenvalue weighted by atomic mass is 15.3. The molecule has 0 aliphatic carbocycles. The SMILES string of the molecule is c1cc(N2CCCC3CNCC32)n2ccnc2c1. The largest absolute Gasteiger partial charge is 0.353 e. The van der Waals surface area contributed by atoms with Gasteiger partial charge in [0.15, 0.2) is 0 Å². The van der Waals surface area contributed by atoms with Crippen molar-refractivity contribution in [3.63, 3.8) is 0 Å². The summed E-state index contributed by atoms with van der Waals surface area (Å²) in [5.74, 6) is 2.11. The molecular weight excluding hydrogens is 224 g/mol. The van der Waals surface area contributed by atoms with Crippen LogP contribution in [0.3, 0.4) is 0 Å². The van der Waals surface area contributed by atoms with Gasteiger partial charge in [0.1, 0.15) is 11.5 Å². The molecule has 4 rings (SSSR count). The van der Waals surface area contributed by atoms with Gasteiger partial charge in [0.2, 0.25) is 0 Å². The predicted molar refractivity (Wildman–Crippen MR) is 71.9 cm³/mol. The highest BCUT2D eigenvalue weighted by molar-refractivity contribution is 5.52. The van der Waals surface area contributed by atoms with E-state index in [1.54, 1.807) is 0 Å². The fourth-order valence-electron chi connectivity index (χ4n) is 3.52. The maximum absolute atomic E-state index is 4.38.